The van der Waals surface area contributed by atoms with Gasteiger partial charge in [0.15, 0.2) is 0 Å². The molecule has 0 aromatic heterocycles. The summed E-state index contributed by atoms with van der Waals surface area (Å²) in [5, 5.41) is 6.42. The molecule has 3 nitrogen and oxygen atoms in total. The number of rotatable bonds is 5. The number of unbranched alkanes of at least 4 members (excludes halogenated alkanes) is 2. The van der Waals surface area contributed by atoms with Crippen molar-refractivity contribution >= 4 is 17.3 Å². The summed E-state index contributed by atoms with van der Waals surface area (Å²) in [5.74, 6) is 0.129. The fraction of sp³-hybridized carbons (Fsp3) is 0.533. The first-order valence-electron chi connectivity index (χ1n) is 6.97. The summed E-state index contributed by atoms with van der Waals surface area (Å²) in [6, 6.07) is 6.14. The number of amides is 1. The van der Waals surface area contributed by atoms with Crippen LogP contribution < -0.4 is 10.6 Å². The number of fused-ring (bicyclic) bond motifs is 1. The highest BCUT2D eigenvalue weighted by Crippen LogP contribution is 2.30. The number of para-hydroxylation sites is 1. The van der Waals surface area contributed by atoms with Crippen LogP contribution in [0, 0.1) is 0 Å². The topological polar surface area (TPSA) is 41.1 Å². The first kappa shape index (κ1) is 12.9. The van der Waals surface area contributed by atoms with Crippen LogP contribution in [0.25, 0.3) is 0 Å². The zero-order valence-electron chi connectivity index (χ0n) is 11.1. The van der Waals surface area contributed by atoms with Crippen LogP contribution in [0.3, 0.4) is 0 Å². The summed E-state index contributed by atoms with van der Waals surface area (Å²) in [4.78, 5) is 11.8. The van der Waals surface area contributed by atoms with Crippen LogP contribution in [0.15, 0.2) is 18.2 Å². The Hall–Kier alpha value is -1.51. The molecule has 1 aromatic carbocycles. The van der Waals surface area contributed by atoms with Gasteiger partial charge in [0.25, 0.3) is 0 Å². The van der Waals surface area contributed by atoms with Gasteiger partial charge < -0.3 is 10.6 Å². The van der Waals surface area contributed by atoms with Gasteiger partial charge in [0.2, 0.25) is 5.91 Å². The summed E-state index contributed by atoms with van der Waals surface area (Å²) in [6.07, 6.45) is 6.14. The van der Waals surface area contributed by atoms with E-state index in [1.54, 1.807) is 0 Å². The number of benzene rings is 1. The van der Waals surface area contributed by atoms with Gasteiger partial charge in [-0.15, -0.1) is 0 Å². The fourth-order valence-corrected chi connectivity index (χ4v) is 2.36. The molecule has 98 valence electrons. The second-order valence-corrected chi connectivity index (χ2v) is 4.88. The Bertz CT molecular complexity index is 415. The van der Waals surface area contributed by atoms with Gasteiger partial charge in [0, 0.05) is 13.0 Å². The molecule has 0 spiro atoms. The van der Waals surface area contributed by atoms with Gasteiger partial charge in [-0.05, 0) is 30.9 Å². The minimum atomic E-state index is 0.129. The Morgan fingerprint density at radius 3 is 3.11 bits per heavy atom. The molecule has 0 atom stereocenters. The lowest BCUT2D eigenvalue weighted by Gasteiger charge is -2.21. The van der Waals surface area contributed by atoms with E-state index in [4.69, 9.17) is 0 Å². The number of anilines is 2. The van der Waals surface area contributed by atoms with E-state index in [2.05, 4.69) is 23.6 Å². The number of hydrogen-bond donors (Lipinski definition) is 2. The van der Waals surface area contributed by atoms with Crippen LogP contribution in [-0.2, 0) is 11.2 Å². The van der Waals surface area contributed by atoms with E-state index >= 15 is 0 Å². The molecule has 1 aliphatic heterocycles. The largest absolute Gasteiger partial charge is 0.383 e. The Morgan fingerprint density at radius 1 is 1.39 bits per heavy atom. The molecular formula is C15H22N2O. The van der Waals surface area contributed by atoms with Crippen molar-refractivity contribution < 1.29 is 4.79 Å². The third-order valence-electron chi connectivity index (χ3n) is 3.36. The molecule has 0 saturated carbocycles. The van der Waals surface area contributed by atoms with E-state index in [1.165, 1.54) is 12.0 Å². The third-order valence-corrected chi connectivity index (χ3v) is 3.36. The summed E-state index contributed by atoms with van der Waals surface area (Å²) >= 11 is 0. The molecule has 0 fully saturated rings. The van der Waals surface area contributed by atoms with Gasteiger partial charge in [-0.25, -0.2) is 0 Å². The van der Waals surface area contributed by atoms with E-state index < -0.39 is 0 Å². The quantitative estimate of drug-likeness (QED) is 0.780. The predicted octanol–water partition coefficient (Wildman–Crippen LogP) is 3.56. The fourth-order valence-electron chi connectivity index (χ4n) is 2.36. The number of carbonyl (C=O) groups is 1. The summed E-state index contributed by atoms with van der Waals surface area (Å²) in [7, 11) is 0. The lowest BCUT2D eigenvalue weighted by molar-refractivity contribution is -0.116. The molecule has 3 heteroatoms. The summed E-state index contributed by atoms with van der Waals surface area (Å²) in [6.45, 7) is 3.14. The van der Waals surface area contributed by atoms with Crippen molar-refractivity contribution in [1.82, 2.24) is 0 Å². The van der Waals surface area contributed by atoms with Crippen molar-refractivity contribution in [3.8, 4) is 0 Å². The average Bonchev–Trinajstić information content (AvgIpc) is 2.39. The van der Waals surface area contributed by atoms with E-state index in [0.717, 1.165) is 43.6 Å². The Labute approximate surface area is 109 Å². The van der Waals surface area contributed by atoms with Gasteiger partial charge in [0.1, 0.15) is 0 Å². The minimum Gasteiger partial charge on any atom is -0.383 e. The zero-order chi connectivity index (χ0) is 12.8. The maximum atomic E-state index is 11.8. The Kier molecular flexibility index (Phi) is 4.62. The van der Waals surface area contributed by atoms with Crippen LogP contribution in [0.1, 0.15) is 44.6 Å². The molecule has 0 aliphatic carbocycles. The standard InChI is InChI=1S/C15H22N2O/c1-2-3-4-10-14(18)17-13-9-5-7-12-8-6-11-16-15(12)13/h5,7,9,16H,2-4,6,8,10-11H2,1H3,(H,17,18). The molecule has 1 aliphatic rings. The first-order chi connectivity index (χ1) is 8.81. The van der Waals surface area contributed by atoms with Crippen molar-refractivity contribution in [2.75, 3.05) is 17.2 Å². The highest BCUT2D eigenvalue weighted by atomic mass is 16.1. The predicted molar refractivity (Wildman–Crippen MR) is 76.0 cm³/mol. The molecule has 1 amide bonds. The number of carbonyl (C=O) groups excluding carboxylic acids is 1. The highest BCUT2D eigenvalue weighted by Gasteiger charge is 2.13. The third kappa shape index (κ3) is 3.25. The average molecular weight is 246 g/mol. The molecule has 2 rings (SSSR count). The Morgan fingerprint density at radius 2 is 2.28 bits per heavy atom. The van der Waals surface area contributed by atoms with Crippen LogP contribution in [0.5, 0.6) is 0 Å². The molecule has 0 saturated heterocycles. The molecule has 18 heavy (non-hydrogen) atoms. The van der Waals surface area contributed by atoms with Crippen LogP contribution in [0.2, 0.25) is 0 Å². The normalized spacial score (nSPS) is 13.6. The summed E-state index contributed by atoms with van der Waals surface area (Å²) in [5.41, 5.74) is 3.37. The zero-order valence-corrected chi connectivity index (χ0v) is 11.1. The SMILES string of the molecule is CCCCCC(=O)Nc1cccc2c1NCCC2. The van der Waals surface area contributed by atoms with Crippen molar-refractivity contribution in [3.05, 3.63) is 23.8 Å². The van der Waals surface area contributed by atoms with Gasteiger partial charge >= 0.3 is 0 Å². The van der Waals surface area contributed by atoms with E-state index in [1.807, 2.05) is 12.1 Å². The van der Waals surface area contributed by atoms with Crippen molar-refractivity contribution in [1.29, 1.82) is 0 Å². The maximum absolute atomic E-state index is 11.8. The Balaban J connectivity index is 1.98. The van der Waals surface area contributed by atoms with Gasteiger partial charge in [-0.1, -0.05) is 31.9 Å². The molecule has 1 heterocycles. The van der Waals surface area contributed by atoms with Gasteiger partial charge in [-0.3, -0.25) is 4.79 Å². The van der Waals surface area contributed by atoms with Crippen LogP contribution in [0.4, 0.5) is 11.4 Å². The van der Waals surface area contributed by atoms with E-state index in [0.29, 0.717) is 6.42 Å². The van der Waals surface area contributed by atoms with Gasteiger partial charge in [0.05, 0.1) is 11.4 Å². The molecule has 2 N–H and O–H groups in total. The molecule has 0 unspecified atom stereocenters. The summed E-state index contributed by atoms with van der Waals surface area (Å²) < 4.78 is 0. The molecule has 1 aromatic rings. The van der Waals surface area contributed by atoms with Crippen LogP contribution >= 0.6 is 0 Å². The van der Waals surface area contributed by atoms with E-state index in [9.17, 15) is 4.79 Å². The van der Waals surface area contributed by atoms with Crippen molar-refractivity contribution in [3.63, 3.8) is 0 Å². The van der Waals surface area contributed by atoms with Crippen molar-refractivity contribution in [2.45, 2.75) is 45.4 Å². The second kappa shape index (κ2) is 6.43. The number of hydrogen-bond acceptors (Lipinski definition) is 2. The number of aryl methyl sites for hydroxylation is 1. The first-order valence-corrected chi connectivity index (χ1v) is 6.97. The maximum Gasteiger partial charge on any atom is 0.224 e. The monoisotopic (exact) mass is 246 g/mol. The molecule has 0 bridgehead atoms. The smallest absolute Gasteiger partial charge is 0.224 e. The van der Waals surface area contributed by atoms with Crippen molar-refractivity contribution in [2.24, 2.45) is 0 Å². The molecular weight excluding hydrogens is 224 g/mol. The van der Waals surface area contributed by atoms with Crippen LogP contribution in [-0.4, -0.2) is 12.5 Å². The lowest BCUT2D eigenvalue weighted by Crippen LogP contribution is -2.17. The van der Waals surface area contributed by atoms with Gasteiger partial charge in [-0.2, -0.15) is 0 Å². The highest BCUT2D eigenvalue weighted by molar-refractivity contribution is 5.94. The second-order valence-electron chi connectivity index (χ2n) is 4.88. The number of nitrogens with one attached hydrogen (secondary N) is 2. The molecule has 0 radical (unpaired) electrons. The van der Waals surface area contributed by atoms with E-state index in [-0.39, 0.29) is 5.91 Å². The lowest BCUT2D eigenvalue weighted by atomic mass is 10.0. The minimum absolute atomic E-state index is 0.129.